The first kappa shape index (κ1) is 29.2. The number of aliphatic carboxylic acids is 1. The summed E-state index contributed by atoms with van der Waals surface area (Å²) in [5.41, 5.74) is 6.31. The Balaban J connectivity index is 3.05. The number of aromatic hydroxyl groups is 1. The van der Waals surface area contributed by atoms with Crippen molar-refractivity contribution < 1.29 is 29.4 Å². The maximum atomic E-state index is 13.1. The van der Waals surface area contributed by atoms with Crippen molar-refractivity contribution in [2.45, 2.75) is 64.2 Å². The van der Waals surface area contributed by atoms with E-state index in [1.165, 1.54) is 30.8 Å². The molecule has 7 N–H and O–H groups in total. The summed E-state index contributed by atoms with van der Waals surface area (Å²) in [7, 11) is 0. The normalized spacial score (nSPS) is 14.5. The molecule has 0 saturated heterocycles. The lowest BCUT2D eigenvalue weighted by Gasteiger charge is -2.25. The molecule has 0 spiro atoms. The second-order valence-electron chi connectivity index (χ2n) is 8.59. The Morgan fingerprint density at radius 2 is 1.44 bits per heavy atom. The fraction of sp³-hybridized carbons (Fsp3) is 0.565. The minimum Gasteiger partial charge on any atom is -0.508 e. The molecule has 1 aromatic carbocycles. The van der Waals surface area contributed by atoms with Gasteiger partial charge in [0, 0.05) is 6.42 Å². The first-order valence-electron chi connectivity index (χ1n) is 11.1. The summed E-state index contributed by atoms with van der Waals surface area (Å²) in [5, 5.41) is 26.7. The quantitative estimate of drug-likeness (QED) is 0.218. The number of phenols is 1. The molecule has 34 heavy (non-hydrogen) atoms. The number of carboxylic acids is 1. The zero-order chi connectivity index (χ0) is 25.8. The number of nitrogens with two attached hydrogens (primary N) is 1. The maximum absolute atomic E-state index is 13.1. The lowest BCUT2D eigenvalue weighted by Crippen LogP contribution is -2.57. The molecule has 0 fully saturated rings. The van der Waals surface area contributed by atoms with Crippen LogP contribution >= 0.6 is 11.8 Å². The lowest BCUT2D eigenvalue weighted by atomic mass is 10.0. The molecule has 0 heterocycles. The zero-order valence-corrected chi connectivity index (χ0v) is 20.9. The van der Waals surface area contributed by atoms with Gasteiger partial charge in [-0.3, -0.25) is 14.4 Å². The van der Waals surface area contributed by atoms with Gasteiger partial charge in [0.2, 0.25) is 17.7 Å². The number of hydrogen-bond donors (Lipinski definition) is 6. The molecule has 4 atom stereocenters. The van der Waals surface area contributed by atoms with Gasteiger partial charge in [-0.2, -0.15) is 11.8 Å². The van der Waals surface area contributed by atoms with Gasteiger partial charge in [0.25, 0.3) is 0 Å². The van der Waals surface area contributed by atoms with Crippen LogP contribution in [0, 0.1) is 5.92 Å². The third-order valence-electron chi connectivity index (χ3n) is 4.99. The number of phenolic OH excluding ortho intramolecular Hbond substituents is 1. The van der Waals surface area contributed by atoms with Crippen LogP contribution in [0.3, 0.4) is 0 Å². The van der Waals surface area contributed by atoms with Crippen LogP contribution in [0.4, 0.5) is 0 Å². The van der Waals surface area contributed by atoms with Crippen LogP contribution in [0.1, 0.15) is 39.2 Å². The van der Waals surface area contributed by atoms with Crippen LogP contribution in [0.15, 0.2) is 24.3 Å². The van der Waals surface area contributed by atoms with E-state index in [0.717, 1.165) is 0 Å². The average molecular weight is 497 g/mol. The molecule has 0 aliphatic rings. The van der Waals surface area contributed by atoms with Crippen molar-refractivity contribution in [3.8, 4) is 5.75 Å². The minimum absolute atomic E-state index is 0.0452. The van der Waals surface area contributed by atoms with Crippen molar-refractivity contribution in [3.63, 3.8) is 0 Å². The number of carbonyl (C=O) groups excluding carboxylic acids is 3. The monoisotopic (exact) mass is 496 g/mol. The molecule has 3 amide bonds. The SMILES string of the molecule is CSCCC(NC(=O)C(Cc1ccc(O)cc1)NC(=O)C(C)N)C(=O)NC(CC(C)C)C(=O)O. The molecule has 190 valence electrons. The van der Waals surface area contributed by atoms with Gasteiger partial charge in [0.1, 0.15) is 23.9 Å². The van der Waals surface area contributed by atoms with Crippen molar-refractivity contribution in [1.82, 2.24) is 16.0 Å². The fourth-order valence-corrected chi connectivity index (χ4v) is 3.59. The second kappa shape index (κ2) is 14.5. The van der Waals surface area contributed by atoms with Crippen LogP contribution in [0.5, 0.6) is 5.75 Å². The van der Waals surface area contributed by atoms with Crippen LogP contribution < -0.4 is 21.7 Å². The minimum atomic E-state index is -1.15. The van der Waals surface area contributed by atoms with E-state index in [1.54, 1.807) is 12.1 Å². The summed E-state index contributed by atoms with van der Waals surface area (Å²) in [5.74, 6) is -2.22. The summed E-state index contributed by atoms with van der Waals surface area (Å²) in [4.78, 5) is 49.8. The third-order valence-corrected chi connectivity index (χ3v) is 5.63. The Labute approximate surface area is 204 Å². The predicted molar refractivity (Wildman–Crippen MR) is 131 cm³/mol. The molecule has 0 bridgehead atoms. The molecule has 0 radical (unpaired) electrons. The van der Waals surface area contributed by atoms with Gasteiger partial charge in [0.05, 0.1) is 6.04 Å². The van der Waals surface area contributed by atoms with Gasteiger partial charge < -0.3 is 31.9 Å². The van der Waals surface area contributed by atoms with E-state index in [0.29, 0.717) is 11.3 Å². The highest BCUT2D eigenvalue weighted by atomic mass is 32.2. The molecule has 10 nitrogen and oxygen atoms in total. The number of hydrogen-bond acceptors (Lipinski definition) is 7. The van der Waals surface area contributed by atoms with E-state index in [2.05, 4.69) is 16.0 Å². The summed E-state index contributed by atoms with van der Waals surface area (Å²) in [6.45, 7) is 5.19. The van der Waals surface area contributed by atoms with Crippen molar-refractivity contribution in [3.05, 3.63) is 29.8 Å². The van der Waals surface area contributed by atoms with Crippen LogP contribution in [-0.4, -0.2) is 70.1 Å². The zero-order valence-electron chi connectivity index (χ0n) is 20.0. The second-order valence-corrected chi connectivity index (χ2v) is 9.58. The van der Waals surface area contributed by atoms with E-state index in [-0.39, 0.29) is 30.9 Å². The number of amides is 3. The number of nitrogens with one attached hydrogen (secondary N) is 3. The smallest absolute Gasteiger partial charge is 0.326 e. The summed E-state index contributed by atoms with van der Waals surface area (Å²) >= 11 is 1.48. The number of carboxylic acid groups (broad SMARTS) is 1. The van der Waals surface area contributed by atoms with E-state index >= 15 is 0 Å². The standard InChI is InChI=1S/C23H36N4O6S/c1-13(2)11-19(23(32)33)27-21(30)17(9-10-34-4)25-22(31)18(26-20(29)14(3)24)12-15-5-7-16(28)8-6-15/h5-8,13-14,17-19,28H,9-12,24H2,1-4H3,(H,25,31)(H,26,29)(H,27,30)(H,32,33). The Hall–Kier alpha value is -2.79. The molecule has 0 aliphatic carbocycles. The van der Waals surface area contributed by atoms with Crippen molar-refractivity contribution in [2.75, 3.05) is 12.0 Å². The molecule has 4 unspecified atom stereocenters. The first-order valence-corrected chi connectivity index (χ1v) is 12.5. The molecule has 0 aromatic heterocycles. The summed E-state index contributed by atoms with van der Waals surface area (Å²) in [6, 6.07) is 2.23. The summed E-state index contributed by atoms with van der Waals surface area (Å²) in [6.07, 6.45) is 2.48. The van der Waals surface area contributed by atoms with Crippen LogP contribution in [0.2, 0.25) is 0 Å². The number of thioether (sulfide) groups is 1. The van der Waals surface area contributed by atoms with E-state index in [9.17, 15) is 29.4 Å². The van der Waals surface area contributed by atoms with Crippen LogP contribution in [0.25, 0.3) is 0 Å². The fourth-order valence-electron chi connectivity index (χ4n) is 3.12. The summed E-state index contributed by atoms with van der Waals surface area (Å²) < 4.78 is 0. The van der Waals surface area contributed by atoms with E-state index in [4.69, 9.17) is 5.73 Å². The third kappa shape index (κ3) is 10.4. The molecular weight excluding hydrogens is 460 g/mol. The van der Waals surface area contributed by atoms with Gasteiger partial charge in [0.15, 0.2) is 0 Å². The Morgan fingerprint density at radius 1 is 0.912 bits per heavy atom. The van der Waals surface area contributed by atoms with Crippen molar-refractivity contribution in [1.29, 1.82) is 0 Å². The molecule has 0 saturated carbocycles. The van der Waals surface area contributed by atoms with Gasteiger partial charge >= 0.3 is 5.97 Å². The molecule has 1 rings (SSSR count). The molecule has 0 aliphatic heterocycles. The van der Waals surface area contributed by atoms with Gasteiger partial charge in [-0.25, -0.2) is 4.79 Å². The van der Waals surface area contributed by atoms with E-state index < -0.39 is 47.9 Å². The maximum Gasteiger partial charge on any atom is 0.326 e. The Kier molecular flexibility index (Phi) is 12.4. The number of carbonyl (C=O) groups is 4. The Bertz CT molecular complexity index is 831. The highest BCUT2D eigenvalue weighted by molar-refractivity contribution is 7.98. The molecule has 1 aromatic rings. The Morgan fingerprint density at radius 3 is 1.94 bits per heavy atom. The number of benzene rings is 1. The van der Waals surface area contributed by atoms with E-state index in [1.807, 2.05) is 20.1 Å². The topological polar surface area (TPSA) is 171 Å². The number of rotatable bonds is 14. The molecule has 11 heteroatoms. The predicted octanol–water partition coefficient (Wildman–Crippen LogP) is 0.620. The highest BCUT2D eigenvalue weighted by Gasteiger charge is 2.30. The largest absolute Gasteiger partial charge is 0.508 e. The van der Waals surface area contributed by atoms with Gasteiger partial charge in [-0.15, -0.1) is 0 Å². The first-order chi connectivity index (χ1) is 15.9. The lowest BCUT2D eigenvalue weighted by molar-refractivity contribution is -0.142. The van der Waals surface area contributed by atoms with Crippen LogP contribution in [-0.2, 0) is 25.6 Å². The van der Waals surface area contributed by atoms with Gasteiger partial charge in [-0.1, -0.05) is 26.0 Å². The van der Waals surface area contributed by atoms with Crippen molar-refractivity contribution >= 4 is 35.5 Å². The average Bonchev–Trinajstić information content (AvgIpc) is 2.76. The highest BCUT2D eigenvalue weighted by Crippen LogP contribution is 2.12. The van der Waals surface area contributed by atoms with Gasteiger partial charge in [-0.05, 0) is 55.4 Å². The van der Waals surface area contributed by atoms with Crippen molar-refractivity contribution in [2.24, 2.45) is 11.7 Å². The molecular formula is C23H36N4O6S.